The van der Waals surface area contributed by atoms with Crippen LogP contribution in [0.25, 0.3) is 11.4 Å². The Hall–Kier alpha value is -3.68. The van der Waals surface area contributed by atoms with Crippen LogP contribution in [-0.4, -0.2) is 34.5 Å². The maximum Gasteiger partial charge on any atom is 0.251 e. The van der Waals surface area contributed by atoms with Gasteiger partial charge in [0.15, 0.2) is 5.82 Å². The number of aromatic nitrogens is 3. The molecule has 1 aromatic heterocycles. The molecule has 1 aliphatic rings. The first-order valence-corrected chi connectivity index (χ1v) is 11.9. The van der Waals surface area contributed by atoms with Crippen molar-refractivity contribution in [2.24, 2.45) is 0 Å². The number of hydrogen-bond donors (Lipinski definition) is 2. The summed E-state index contributed by atoms with van der Waals surface area (Å²) in [7, 11) is 1.79. The average molecular weight is 505 g/mol. The first-order valence-electron chi connectivity index (χ1n) is 11.1. The number of hydrogen-bond acceptors (Lipinski definition) is 6. The number of nitrogens with zero attached hydrogens (tertiary/aromatic N) is 4. The van der Waals surface area contributed by atoms with Gasteiger partial charge < -0.3 is 15.5 Å². The molecule has 9 heteroatoms. The van der Waals surface area contributed by atoms with Crippen molar-refractivity contribution in [1.29, 1.82) is 0 Å². The standard InChI is InChI=1S/C26H22Cl2N6O/c1-29-25-31-23(16-5-3-2-4-6-16)32-26(33-25)34-12-11-17-13-18(8-10-22(17)34)24(35)30-15-19-7-9-20(27)14-21(19)28/h2-10,13-14H,11-12,15H2,1H3,(H,30,35)(H,29,31,32,33). The van der Waals surface area contributed by atoms with Crippen LogP contribution >= 0.6 is 23.2 Å². The maximum atomic E-state index is 12.8. The van der Waals surface area contributed by atoms with Gasteiger partial charge in [-0.3, -0.25) is 4.79 Å². The lowest BCUT2D eigenvalue weighted by Gasteiger charge is -2.18. The third kappa shape index (κ3) is 4.92. The van der Waals surface area contributed by atoms with E-state index >= 15 is 0 Å². The number of fused-ring (bicyclic) bond motifs is 1. The zero-order valence-electron chi connectivity index (χ0n) is 18.9. The monoisotopic (exact) mass is 504 g/mol. The van der Waals surface area contributed by atoms with Crippen LogP contribution in [-0.2, 0) is 13.0 Å². The molecular weight excluding hydrogens is 483 g/mol. The van der Waals surface area contributed by atoms with Crippen molar-refractivity contribution in [2.75, 3.05) is 23.8 Å². The number of nitrogens with one attached hydrogen (secondary N) is 2. The molecule has 5 rings (SSSR count). The fraction of sp³-hybridized carbons (Fsp3) is 0.154. The smallest absolute Gasteiger partial charge is 0.251 e. The fourth-order valence-electron chi connectivity index (χ4n) is 4.01. The van der Waals surface area contributed by atoms with Gasteiger partial charge in [0.05, 0.1) is 0 Å². The Labute approximate surface area is 213 Å². The molecule has 0 aliphatic carbocycles. The SMILES string of the molecule is CNc1nc(-c2ccccc2)nc(N2CCc3cc(C(=O)NCc4ccc(Cl)cc4Cl)ccc32)n1. The molecular formula is C26H22Cl2N6O. The second-order valence-electron chi connectivity index (χ2n) is 8.06. The number of halogens is 2. The minimum Gasteiger partial charge on any atom is -0.357 e. The first kappa shape index (κ1) is 23.1. The molecule has 0 radical (unpaired) electrons. The molecule has 1 aliphatic heterocycles. The lowest BCUT2D eigenvalue weighted by molar-refractivity contribution is 0.0951. The van der Waals surface area contributed by atoms with Crippen LogP contribution in [0.15, 0.2) is 66.7 Å². The van der Waals surface area contributed by atoms with E-state index in [1.807, 2.05) is 54.6 Å². The van der Waals surface area contributed by atoms with Crippen molar-refractivity contribution < 1.29 is 4.79 Å². The summed E-state index contributed by atoms with van der Waals surface area (Å²) in [5.41, 5.74) is 4.36. The molecule has 0 spiro atoms. The fourth-order valence-corrected chi connectivity index (χ4v) is 4.48. The number of rotatable bonds is 6. The Bertz CT molecular complexity index is 1400. The quantitative estimate of drug-likeness (QED) is 0.360. The molecule has 0 atom stereocenters. The van der Waals surface area contributed by atoms with E-state index in [0.29, 0.717) is 46.4 Å². The number of amides is 1. The summed E-state index contributed by atoms with van der Waals surface area (Å²) >= 11 is 12.2. The third-order valence-corrected chi connectivity index (χ3v) is 6.40. The van der Waals surface area contributed by atoms with Crippen molar-refractivity contribution in [3.63, 3.8) is 0 Å². The summed E-state index contributed by atoms with van der Waals surface area (Å²) in [5, 5.41) is 7.04. The van der Waals surface area contributed by atoms with E-state index in [0.717, 1.165) is 28.8 Å². The Morgan fingerprint density at radius 3 is 2.60 bits per heavy atom. The Balaban J connectivity index is 1.37. The highest BCUT2D eigenvalue weighted by molar-refractivity contribution is 6.35. The topological polar surface area (TPSA) is 83.0 Å². The van der Waals surface area contributed by atoms with E-state index in [-0.39, 0.29) is 5.91 Å². The summed E-state index contributed by atoms with van der Waals surface area (Å²) in [4.78, 5) is 28.7. The average Bonchev–Trinajstić information content (AvgIpc) is 3.31. The molecule has 2 N–H and O–H groups in total. The van der Waals surface area contributed by atoms with Crippen LogP contribution in [0.2, 0.25) is 10.0 Å². The number of carbonyl (C=O) groups is 1. The molecule has 0 unspecified atom stereocenters. The highest BCUT2D eigenvalue weighted by atomic mass is 35.5. The molecule has 0 fully saturated rings. The zero-order valence-corrected chi connectivity index (χ0v) is 20.4. The maximum absolute atomic E-state index is 12.8. The number of carbonyl (C=O) groups excluding carboxylic acids is 1. The molecule has 7 nitrogen and oxygen atoms in total. The molecule has 2 heterocycles. The van der Waals surface area contributed by atoms with Gasteiger partial charge in [-0.05, 0) is 47.9 Å². The molecule has 0 bridgehead atoms. The van der Waals surface area contributed by atoms with Crippen molar-refractivity contribution in [1.82, 2.24) is 20.3 Å². The van der Waals surface area contributed by atoms with E-state index in [2.05, 4.69) is 25.5 Å². The molecule has 0 saturated carbocycles. The Morgan fingerprint density at radius 1 is 1.00 bits per heavy atom. The molecule has 3 aromatic carbocycles. The zero-order chi connectivity index (χ0) is 24.4. The van der Waals surface area contributed by atoms with Gasteiger partial charge in [-0.15, -0.1) is 0 Å². The van der Waals surface area contributed by atoms with E-state index in [1.54, 1.807) is 19.2 Å². The van der Waals surface area contributed by atoms with Crippen molar-refractivity contribution >= 4 is 46.7 Å². The second kappa shape index (κ2) is 9.90. The first-order chi connectivity index (χ1) is 17.0. The van der Waals surface area contributed by atoms with Crippen LogP contribution in [0.1, 0.15) is 21.5 Å². The predicted molar refractivity (Wildman–Crippen MR) is 140 cm³/mol. The molecule has 35 heavy (non-hydrogen) atoms. The van der Waals surface area contributed by atoms with E-state index in [1.165, 1.54) is 0 Å². The lowest BCUT2D eigenvalue weighted by Crippen LogP contribution is -2.23. The van der Waals surface area contributed by atoms with E-state index < -0.39 is 0 Å². The highest BCUT2D eigenvalue weighted by Gasteiger charge is 2.25. The largest absolute Gasteiger partial charge is 0.357 e. The summed E-state index contributed by atoms with van der Waals surface area (Å²) in [5.74, 6) is 1.50. The van der Waals surface area contributed by atoms with Gasteiger partial charge in [0.1, 0.15) is 0 Å². The van der Waals surface area contributed by atoms with Crippen molar-refractivity contribution in [2.45, 2.75) is 13.0 Å². The Morgan fingerprint density at radius 2 is 1.83 bits per heavy atom. The van der Waals surface area contributed by atoms with E-state index in [9.17, 15) is 4.79 Å². The van der Waals surface area contributed by atoms with Crippen LogP contribution in [0.4, 0.5) is 17.6 Å². The van der Waals surface area contributed by atoms with Gasteiger partial charge in [0.2, 0.25) is 11.9 Å². The molecule has 1 amide bonds. The number of benzene rings is 3. The van der Waals surface area contributed by atoms with Gasteiger partial charge in [-0.1, -0.05) is 59.6 Å². The van der Waals surface area contributed by atoms with Crippen LogP contribution in [0.5, 0.6) is 0 Å². The van der Waals surface area contributed by atoms with Crippen LogP contribution in [0.3, 0.4) is 0 Å². The molecule has 0 saturated heterocycles. The van der Waals surface area contributed by atoms with Gasteiger partial charge in [0, 0.05) is 47.0 Å². The van der Waals surface area contributed by atoms with Gasteiger partial charge in [-0.25, -0.2) is 0 Å². The predicted octanol–water partition coefficient (Wildman–Crippen LogP) is 5.51. The molecule has 4 aromatic rings. The summed E-state index contributed by atoms with van der Waals surface area (Å²) in [6.07, 6.45) is 0.778. The second-order valence-corrected chi connectivity index (χ2v) is 8.91. The van der Waals surface area contributed by atoms with Crippen LogP contribution in [0, 0.1) is 0 Å². The lowest BCUT2D eigenvalue weighted by atomic mass is 10.1. The highest BCUT2D eigenvalue weighted by Crippen LogP contribution is 2.34. The third-order valence-electron chi connectivity index (χ3n) is 5.81. The van der Waals surface area contributed by atoms with Crippen LogP contribution < -0.4 is 15.5 Å². The Kier molecular flexibility index (Phi) is 6.53. The van der Waals surface area contributed by atoms with Crippen molar-refractivity contribution in [3.8, 4) is 11.4 Å². The molecule has 176 valence electrons. The minimum absolute atomic E-state index is 0.165. The van der Waals surface area contributed by atoms with E-state index in [4.69, 9.17) is 28.2 Å². The normalized spacial score (nSPS) is 12.4. The van der Waals surface area contributed by atoms with Gasteiger partial charge in [0.25, 0.3) is 5.91 Å². The van der Waals surface area contributed by atoms with Gasteiger partial charge >= 0.3 is 0 Å². The summed E-state index contributed by atoms with van der Waals surface area (Å²) < 4.78 is 0. The number of anilines is 3. The summed E-state index contributed by atoms with van der Waals surface area (Å²) in [6.45, 7) is 1.03. The van der Waals surface area contributed by atoms with Gasteiger partial charge in [-0.2, -0.15) is 15.0 Å². The minimum atomic E-state index is -0.165. The van der Waals surface area contributed by atoms with Crippen molar-refractivity contribution in [3.05, 3.63) is 93.5 Å². The summed E-state index contributed by atoms with van der Waals surface area (Å²) in [6, 6.07) is 20.7.